The van der Waals surface area contributed by atoms with Gasteiger partial charge in [-0.25, -0.2) is 4.39 Å². The van der Waals surface area contributed by atoms with Crippen LogP contribution in [0.5, 0.6) is 0 Å². The fourth-order valence-corrected chi connectivity index (χ4v) is 3.05. The van der Waals surface area contributed by atoms with E-state index in [2.05, 4.69) is 0 Å². The van der Waals surface area contributed by atoms with Gasteiger partial charge in [-0.2, -0.15) is 0 Å². The highest BCUT2D eigenvalue weighted by atomic mass is 35.5. The summed E-state index contributed by atoms with van der Waals surface area (Å²) in [6.07, 6.45) is 3.44. The zero-order valence-corrected chi connectivity index (χ0v) is 12.8. The molecule has 0 amide bonds. The second-order valence-electron chi connectivity index (χ2n) is 4.57. The van der Waals surface area contributed by atoms with Crippen molar-refractivity contribution < 1.29 is 4.39 Å². The SMILES string of the molecule is CN(C)c1ccc(F)cc1C1C(Cl)=C(Cl)C=CC1Cl. The Labute approximate surface area is 127 Å². The Kier molecular flexibility index (Phi) is 4.44. The highest BCUT2D eigenvalue weighted by Crippen LogP contribution is 2.43. The highest BCUT2D eigenvalue weighted by molar-refractivity contribution is 6.41. The van der Waals surface area contributed by atoms with E-state index in [1.165, 1.54) is 12.1 Å². The molecule has 5 heteroatoms. The molecule has 0 saturated heterocycles. The van der Waals surface area contributed by atoms with Crippen molar-refractivity contribution in [3.05, 3.63) is 51.8 Å². The summed E-state index contributed by atoms with van der Waals surface area (Å²) in [5.41, 5.74) is 1.60. The summed E-state index contributed by atoms with van der Waals surface area (Å²) in [4.78, 5) is 1.90. The van der Waals surface area contributed by atoms with Crippen LogP contribution in [0.4, 0.5) is 10.1 Å². The zero-order valence-electron chi connectivity index (χ0n) is 10.5. The van der Waals surface area contributed by atoms with Gasteiger partial charge in [0.05, 0.1) is 10.4 Å². The minimum absolute atomic E-state index is 0.320. The number of allylic oxidation sites excluding steroid dienone is 4. The van der Waals surface area contributed by atoms with Crippen LogP contribution in [0.3, 0.4) is 0 Å². The molecule has 0 saturated carbocycles. The van der Waals surface area contributed by atoms with Gasteiger partial charge in [0, 0.05) is 30.7 Å². The third kappa shape index (κ3) is 2.91. The van der Waals surface area contributed by atoms with Crippen molar-refractivity contribution in [2.24, 2.45) is 0 Å². The third-order valence-corrected chi connectivity index (χ3v) is 4.31. The second kappa shape index (κ2) is 5.74. The molecule has 2 atom stereocenters. The van der Waals surface area contributed by atoms with Crippen LogP contribution in [0, 0.1) is 5.82 Å². The van der Waals surface area contributed by atoms with Crippen molar-refractivity contribution in [2.75, 3.05) is 19.0 Å². The molecule has 0 aromatic heterocycles. The Morgan fingerprint density at radius 1 is 1.21 bits per heavy atom. The van der Waals surface area contributed by atoms with Gasteiger partial charge in [0.1, 0.15) is 5.82 Å². The van der Waals surface area contributed by atoms with E-state index < -0.39 is 0 Å². The van der Waals surface area contributed by atoms with Crippen LogP contribution < -0.4 is 4.90 Å². The number of hydrogen-bond acceptors (Lipinski definition) is 1. The molecule has 2 rings (SSSR count). The largest absolute Gasteiger partial charge is 0.377 e. The van der Waals surface area contributed by atoms with E-state index in [1.54, 1.807) is 18.2 Å². The van der Waals surface area contributed by atoms with Crippen LogP contribution >= 0.6 is 34.8 Å². The van der Waals surface area contributed by atoms with Crippen molar-refractivity contribution in [1.82, 2.24) is 0 Å². The van der Waals surface area contributed by atoms with E-state index in [-0.39, 0.29) is 17.1 Å². The van der Waals surface area contributed by atoms with Crippen LogP contribution in [0.25, 0.3) is 0 Å². The Morgan fingerprint density at radius 2 is 1.89 bits per heavy atom. The van der Waals surface area contributed by atoms with Gasteiger partial charge < -0.3 is 4.90 Å². The number of halogens is 4. The number of alkyl halides is 1. The van der Waals surface area contributed by atoms with Gasteiger partial charge in [0.15, 0.2) is 0 Å². The maximum Gasteiger partial charge on any atom is 0.123 e. The Morgan fingerprint density at radius 3 is 2.53 bits per heavy atom. The van der Waals surface area contributed by atoms with Crippen molar-refractivity contribution in [2.45, 2.75) is 11.3 Å². The number of anilines is 1. The van der Waals surface area contributed by atoms with Gasteiger partial charge in [-0.05, 0) is 29.8 Å². The molecule has 19 heavy (non-hydrogen) atoms. The first-order chi connectivity index (χ1) is 8.91. The molecule has 2 unspecified atom stereocenters. The first kappa shape index (κ1) is 14.7. The molecule has 1 aliphatic carbocycles. The van der Waals surface area contributed by atoms with Crippen LogP contribution in [0.15, 0.2) is 40.4 Å². The molecular weight excluding hydrogens is 308 g/mol. The first-order valence-electron chi connectivity index (χ1n) is 5.76. The van der Waals surface area contributed by atoms with E-state index in [1.807, 2.05) is 19.0 Å². The summed E-state index contributed by atoms with van der Waals surface area (Å²) in [5.74, 6) is -0.659. The lowest BCUT2D eigenvalue weighted by atomic mass is 9.90. The number of benzene rings is 1. The van der Waals surface area contributed by atoms with Gasteiger partial charge in [-0.3, -0.25) is 0 Å². The minimum atomic E-state index is -0.351. The smallest absolute Gasteiger partial charge is 0.123 e. The molecule has 0 bridgehead atoms. The van der Waals surface area contributed by atoms with E-state index in [0.29, 0.717) is 10.1 Å². The number of nitrogens with zero attached hydrogens (tertiary/aromatic N) is 1. The predicted octanol–water partition coefficient (Wildman–Crippen LogP) is 4.84. The first-order valence-corrected chi connectivity index (χ1v) is 6.95. The standard InChI is InChI=1S/C14H13Cl3FN/c1-19(2)12-6-3-8(18)7-9(12)13-10(15)4-5-11(16)14(13)17/h3-7,10,13H,1-2H3. The lowest BCUT2D eigenvalue weighted by Gasteiger charge is -2.28. The molecule has 0 N–H and O–H groups in total. The zero-order chi connectivity index (χ0) is 14.2. The maximum atomic E-state index is 13.5. The van der Waals surface area contributed by atoms with Crippen LogP contribution in [-0.4, -0.2) is 19.5 Å². The van der Waals surface area contributed by atoms with Gasteiger partial charge in [-0.1, -0.05) is 29.3 Å². The molecule has 1 aliphatic rings. The highest BCUT2D eigenvalue weighted by Gasteiger charge is 2.30. The Balaban J connectivity index is 2.57. The monoisotopic (exact) mass is 319 g/mol. The van der Waals surface area contributed by atoms with Gasteiger partial charge in [-0.15, -0.1) is 11.6 Å². The minimum Gasteiger partial charge on any atom is -0.377 e. The van der Waals surface area contributed by atoms with E-state index in [0.717, 1.165) is 11.3 Å². The fraction of sp³-hybridized carbons (Fsp3) is 0.286. The van der Waals surface area contributed by atoms with Crippen LogP contribution in [-0.2, 0) is 0 Å². The summed E-state index contributed by atoms with van der Waals surface area (Å²) < 4.78 is 13.5. The lowest BCUT2D eigenvalue weighted by Crippen LogP contribution is -2.19. The second-order valence-corrected chi connectivity index (χ2v) is 5.89. The summed E-state index contributed by atoms with van der Waals surface area (Å²) >= 11 is 18.6. The Bertz CT molecular complexity index is 552. The van der Waals surface area contributed by atoms with Crippen LogP contribution in [0.1, 0.15) is 11.5 Å². The fourth-order valence-electron chi connectivity index (χ4n) is 2.15. The van der Waals surface area contributed by atoms with E-state index >= 15 is 0 Å². The molecule has 0 aliphatic heterocycles. The lowest BCUT2D eigenvalue weighted by molar-refractivity contribution is 0.623. The molecule has 1 aromatic rings. The van der Waals surface area contributed by atoms with Crippen molar-refractivity contribution in [3.63, 3.8) is 0 Å². The van der Waals surface area contributed by atoms with Gasteiger partial charge in [0.25, 0.3) is 0 Å². The van der Waals surface area contributed by atoms with E-state index in [9.17, 15) is 4.39 Å². The van der Waals surface area contributed by atoms with E-state index in [4.69, 9.17) is 34.8 Å². The molecule has 0 radical (unpaired) electrons. The third-order valence-electron chi connectivity index (χ3n) is 3.05. The average molecular weight is 321 g/mol. The number of rotatable bonds is 2. The molecule has 0 heterocycles. The molecular formula is C14H13Cl3FN. The predicted molar refractivity (Wildman–Crippen MR) is 81.0 cm³/mol. The van der Waals surface area contributed by atoms with Crippen molar-refractivity contribution in [3.8, 4) is 0 Å². The quantitative estimate of drug-likeness (QED) is 0.705. The molecule has 1 aromatic carbocycles. The van der Waals surface area contributed by atoms with Crippen molar-refractivity contribution in [1.29, 1.82) is 0 Å². The van der Waals surface area contributed by atoms with Crippen molar-refractivity contribution >= 4 is 40.5 Å². The summed E-state index contributed by atoms with van der Waals surface area (Å²) in [5, 5.41) is 0.533. The Hall–Kier alpha value is -0.700. The molecule has 0 spiro atoms. The van der Waals surface area contributed by atoms with Gasteiger partial charge in [0.2, 0.25) is 0 Å². The van der Waals surface area contributed by atoms with Gasteiger partial charge >= 0.3 is 0 Å². The summed E-state index contributed by atoms with van der Waals surface area (Å²) in [7, 11) is 3.77. The van der Waals surface area contributed by atoms with Crippen LogP contribution in [0.2, 0.25) is 0 Å². The average Bonchev–Trinajstić information content (AvgIpc) is 2.34. The number of hydrogen-bond donors (Lipinski definition) is 0. The topological polar surface area (TPSA) is 3.24 Å². The normalized spacial score (nSPS) is 22.8. The molecule has 1 nitrogen and oxygen atoms in total. The molecule has 102 valence electrons. The molecule has 0 fully saturated rings. The summed E-state index contributed by atoms with van der Waals surface area (Å²) in [6, 6.07) is 4.59. The maximum absolute atomic E-state index is 13.5. The summed E-state index contributed by atoms with van der Waals surface area (Å²) in [6.45, 7) is 0.